The lowest BCUT2D eigenvalue weighted by molar-refractivity contribution is 0.219. The van der Waals surface area contributed by atoms with E-state index in [-0.39, 0.29) is 10.7 Å². The zero-order chi connectivity index (χ0) is 21.5. The van der Waals surface area contributed by atoms with Crippen LogP contribution in [0.3, 0.4) is 0 Å². The van der Waals surface area contributed by atoms with Crippen LogP contribution in [0.2, 0.25) is 10.0 Å². The molecule has 0 fully saturated rings. The molecule has 4 aromatic rings. The van der Waals surface area contributed by atoms with Gasteiger partial charge in [0.15, 0.2) is 5.82 Å². The van der Waals surface area contributed by atoms with Crippen molar-refractivity contribution in [3.05, 3.63) is 86.4 Å². The lowest BCUT2D eigenvalue weighted by atomic mass is 10.1. The van der Waals surface area contributed by atoms with Gasteiger partial charge in [0.1, 0.15) is 12.4 Å². The van der Waals surface area contributed by atoms with Crippen molar-refractivity contribution in [3.8, 4) is 11.4 Å². The quantitative estimate of drug-likeness (QED) is 0.488. The summed E-state index contributed by atoms with van der Waals surface area (Å²) in [5.74, 6) is 0.209. The molecule has 0 bridgehead atoms. The Morgan fingerprint density at radius 3 is 2.87 bits per heavy atom. The molecule has 1 N–H and O–H groups in total. The van der Waals surface area contributed by atoms with Crippen molar-refractivity contribution in [2.24, 2.45) is 0 Å². The van der Waals surface area contributed by atoms with Gasteiger partial charge in [0.05, 0.1) is 15.6 Å². The molecule has 0 aliphatic carbocycles. The lowest BCUT2D eigenvalue weighted by Gasteiger charge is -2.19. The van der Waals surface area contributed by atoms with Gasteiger partial charge in [-0.2, -0.15) is 0 Å². The van der Waals surface area contributed by atoms with Gasteiger partial charge < -0.3 is 14.3 Å². The van der Waals surface area contributed by atoms with Crippen LogP contribution in [0.25, 0.3) is 16.6 Å². The number of nitrogens with zero attached hydrogens (tertiary/aromatic N) is 3. The molecule has 31 heavy (non-hydrogen) atoms. The summed E-state index contributed by atoms with van der Waals surface area (Å²) in [5, 5.41) is 1.03. The van der Waals surface area contributed by atoms with Crippen LogP contribution in [0.1, 0.15) is 11.1 Å². The highest BCUT2D eigenvalue weighted by Gasteiger charge is 2.20. The number of halogens is 3. The molecular weight excluding hydrogens is 442 g/mol. The number of hydrogen-bond donors (Lipinski definition) is 1. The molecule has 2 aromatic heterocycles. The van der Waals surface area contributed by atoms with Gasteiger partial charge in [-0.25, -0.2) is 14.2 Å². The Morgan fingerprint density at radius 2 is 2.06 bits per heavy atom. The number of rotatable bonds is 3. The summed E-state index contributed by atoms with van der Waals surface area (Å²) >= 11 is 12.5. The van der Waals surface area contributed by atoms with Crippen LogP contribution < -0.4 is 10.4 Å². The number of H-pyrrole nitrogens is 1. The second-order valence-corrected chi connectivity index (χ2v) is 8.20. The summed E-state index contributed by atoms with van der Waals surface area (Å²) in [6, 6.07) is 8.84. The second-order valence-electron chi connectivity index (χ2n) is 7.38. The molecule has 0 unspecified atom stereocenters. The second kappa shape index (κ2) is 8.00. The molecule has 3 heterocycles. The van der Waals surface area contributed by atoms with Crippen LogP contribution in [0, 0.1) is 5.82 Å². The molecular formula is C22H17Cl2FN4O2. The van der Waals surface area contributed by atoms with E-state index in [9.17, 15) is 9.18 Å². The van der Waals surface area contributed by atoms with E-state index in [0.717, 1.165) is 16.8 Å². The third kappa shape index (κ3) is 3.80. The molecule has 0 saturated carbocycles. The first kappa shape index (κ1) is 20.1. The third-order valence-electron chi connectivity index (χ3n) is 5.33. The molecule has 158 valence electrons. The van der Waals surface area contributed by atoms with Crippen LogP contribution in [-0.4, -0.2) is 32.6 Å². The number of ether oxygens (including phenoxy) is 1. The molecule has 9 heteroatoms. The number of fused-ring (bicyclic) bond motifs is 2. The monoisotopic (exact) mass is 458 g/mol. The fraction of sp³-hybridized carbons (Fsp3) is 0.182. The summed E-state index contributed by atoms with van der Waals surface area (Å²) in [4.78, 5) is 19.8. The van der Waals surface area contributed by atoms with Crippen LogP contribution >= 0.6 is 23.2 Å². The fourth-order valence-electron chi connectivity index (χ4n) is 3.88. The molecule has 2 aromatic carbocycles. The van der Waals surface area contributed by atoms with E-state index in [1.807, 2.05) is 16.7 Å². The third-order valence-corrected chi connectivity index (χ3v) is 5.90. The van der Waals surface area contributed by atoms with Gasteiger partial charge in [-0.15, -0.1) is 0 Å². The highest BCUT2D eigenvalue weighted by Crippen LogP contribution is 2.36. The van der Waals surface area contributed by atoms with Crippen LogP contribution in [0.15, 0.2) is 53.7 Å². The molecule has 0 saturated heterocycles. The van der Waals surface area contributed by atoms with Gasteiger partial charge in [0.2, 0.25) is 0 Å². The predicted molar refractivity (Wildman–Crippen MR) is 118 cm³/mol. The van der Waals surface area contributed by atoms with Gasteiger partial charge in [-0.3, -0.25) is 4.90 Å². The minimum atomic E-state index is -0.442. The van der Waals surface area contributed by atoms with E-state index in [0.29, 0.717) is 47.9 Å². The molecule has 0 atom stereocenters. The van der Waals surface area contributed by atoms with Crippen molar-refractivity contribution in [2.75, 3.05) is 13.2 Å². The minimum Gasteiger partial charge on any atom is -0.490 e. The maximum atomic E-state index is 14.4. The fourth-order valence-corrected chi connectivity index (χ4v) is 4.33. The Morgan fingerprint density at radius 1 is 1.19 bits per heavy atom. The molecule has 0 radical (unpaired) electrons. The van der Waals surface area contributed by atoms with E-state index in [2.05, 4.69) is 14.9 Å². The van der Waals surface area contributed by atoms with Crippen molar-refractivity contribution in [1.82, 2.24) is 19.4 Å². The molecule has 5 rings (SSSR count). The summed E-state index contributed by atoms with van der Waals surface area (Å²) in [5.41, 5.74) is 2.95. The first-order chi connectivity index (χ1) is 15.0. The number of hydrogen-bond acceptors (Lipinski definition) is 4. The van der Waals surface area contributed by atoms with Crippen molar-refractivity contribution < 1.29 is 9.13 Å². The Labute approximate surface area is 186 Å². The van der Waals surface area contributed by atoms with Crippen molar-refractivity contribution in [2.45, 2.75) is 13.1 Å². The topological polar surface area (TPSA) is 63.2 Å². The highest BCUT2D eigenvalue weighted by atomic mass is 35.5. The van der Waals surface area contributed by atoms with Gasteiger partial charge in [0, 0.05) is 60.4 Å². The van der Waals surface area contributed by atoms with Crippen LogP contribution in [-0.2, 0) is 13.1 Å². The summed E-state index contributed by atoms with van der Waals surface area (Å²) in [7, 11) is 0. The van der Waals surface area contributed by atoms with E-state index in [4.69, 9.17) is 27.9 Å². The molecule has 1 aliphatic rings. The largest absolute Gasteiger partial charge is 0.490 e. The zero-order valence-electron chi connectivity index (χ0n) is 16.2. The van der Waals surface area contributed by atoms with Crippen LogP contribution in [0.4, 0.5) is 4.39 Å². The van der Waals surface area contributed by atoms with Crippen LogP contribution in [0.5, 0.6) is 5.75 Å². The number of benzene rings is 2. The number of aromatic amines is 1. The Bertz CT molecular complexity index is 1330. The zero-order valence-corrected chi connectivity index (χ0v) is 17.8. The van der Waals surface area contributed by atoms with E-state index in [1.165, 1.54) is 0 Å². The average molecular weight is 459 g/mol. The maximum absolute atomic E-state index is 14.4. The predicted octanol–water partition coefficient (Wildman–Crippen LogP) is 4.55. The summed E-state index contributed by atoms with van der Waals surface area (Å²) in [6.45, 7) is 2.38. The number of nitrogens with one attached hydrogen (secondary N) is 1. The standard InChI is InChI=1S/C22H17Cl2FN4O2/c23-17-1-2-19-16(20(17)25)3-4-29(19)15-7-14-12-28(5-6-31-21(14)18(24)8-15)11-13-9-26-22(30)27-10-13/h1-4,7-10H,5-6,11-12H2,(H,26,27,30). The summed E-state index contributed by atoms with van der Waals surface area (Å²) < 4.78 is 22.2. The Balaban J connectivity index is 1.51. The number of aromatic nitrogens is 3. The molecule has 6 nitrogen and oxygen atoms in total. The SMILES string of the molecule is O=c1ncc(CN2CCOc3c(Cl)cc(-n4ccc5c(F)c(Cl)ccc54)cc3C2)c[nH]1. The van der Waals surface area contributed by atoms with Crippen molar-refractivity contribution in [3.63, 3.8) is 0 Å². The van der Waals surface area contributed by atoms with Gasteiger partial charge in [-0.05, 0) is 30.3 Å². The summed E-state index contributed by atoms with van der Waals surface area (Å²) in [6.07, 6.45) is 5.03. The first-order valence-electron chi connectivity index (χ1n) is 9.66. The lowest BCUT2D eigenvalue weighted by Crippen LogP contribution is -2.26. The normalized spacial score (nSPS) is 14.3. The highest BCUT2D eigenvalue weighted by molar-refractivity contribution is 6.32. The van der Waals surface area contributed by atoms with Crippen molar-refractivity contribution in [1.29, 1.82) is 0 Å². The van der Waals surface area contributed by atoms with Gasteiger partial charge in [0.25, 0.3) is 0 Å². The van der Waals surface area contributed by atoms with E-state index >= 15 is 0 Å². The van der Waals surface area contributed by atoms with E-state index < -0.39 is 5.82 Å². The smallest absolute Gasteiger partial charge is 0.344 e. The minimum absolute atomic E-state index is 0.0889. The Kier molecular flexibility index (Phi) is 5.17. The molecule has 0 amide bonds. The molecule has 1 aliphatic heterocycles. The Hall–Kier alpha value is -2.87. The first-order valence-corrected chi connectivity index (χ1v) is 10.4. The average Bonchev–Trinajstić information content (AvgIpc) is 3.08. The van der Waals surface area contributed by atoms with Gasteiger partial charge >= 0.3 is 5.69 Å². The molecule has 0 spiro atoms. The van der Waals surface area contributed by atoms with Gasteiger partial charge in [-0.1, -0.05) is 23.2 Å². The van der Waals surface area contributed by atoms with Crippen molar-refractivity contribution >= 4 is 34.1 Å². The maximum Gasteiger partial charge on any atom is 0.344 e. The van der Waals surface area contributed by atoms with E-state index in [1.54, 1.807) is 36.8 Å².